The number of hydrogen-bond acceptors (Lipinski definition) is 3. The standard InChI is InChI=1S/C8H19NO.C7H17N/c1-7(2)5-8(10)6-9(3)4;1-7(2)5-6-8(3)4/h7-8,10H,5-6H2,1-4H3;7H,5-6H2,1-4H3. The van der Waals surface area contributed by atoms with Gasteiger partial charge in [-0.05, 0) is 59.4 Å². The van der Waals surface area contributed by atoms with Crippen LogP contribution in [0.5, 0.6) is 0 Å². The zero-order valence-corrected chi connectivity index (χ0v) is 13.9. The molecular formula is C15H36N2O. The molecule has 1 atom stereocenters. The summed E-state index contributed by atoms with van der Waals surface area (Å²) in [6, 6.07) is 0. The van der Waals surface area contributed by atoms with Crippen molar-refractivity contribution >= 4 is 0 Å². The first-order valence-corrected chi connectivity index (χ1v) is 7.12. The molecule has 18 heavy (non-hydrogen) atoms. The van der Waals surface area contributed by atoms with Crippen molar-refractivity contribution in [2.24, 2.45) is 11.8 Å². The Balaban J connectivity index is 0. The highest BCUT2D eigenvalue weighted by Gasteiger charge is 2.06. The summed E-state index contributed by atoms with van der Waals surface area (Å²) in [6.45, 7) is 10.8. The van der Waals surface area contributed by atoms with Crippen molar-refractivity contribution in [2.75, 3.05) is 41.3 Å². The quantitative estimate of drug-likeness (QED) is 0.762. The van der Waals surface area contributed by atoms with Crippen molar-refractivity contribution in [3.8, 4) is 0 Å². The van der Waals surface area contributed by atoms with Crippen molar-refractivity contribution in [3.05, 3.63) is 0 Å². The molecule has 0 aromatic carbocycles. The molecule has 112 valence electrons. The van der Waals surface area contributed by atoms with Gasteiger partial charge in [0.2, 0.25) is 0 Å². The molecule has 0 rings (SSSR count). The summed E-state index contributed by atoms with van der Waals surface area (Å²) in [4.78, 5) is 4.23. The normalized spacial score (nSPS) is 13.2. The van der Waals surface area contributed by atoms with E-state index in [2.05, 4.69) is 46.7 Å². The van der Waals surface area contributed by atoms with Crippen LogP contribution < -0.4 is 0 Å². The molecule has 0 fully saturated rings. The van der Waals surface area contributed by atoms with E-state index in [4.69, 9.17) is 0 Å². The monoisotopic (exact) mass is 260 g/mol. The number of nitrogens with zero attached hydrogens (tertiary/aromatic N) is 2. The molecule has 1 N–H and O–H groups in total. The Bertz CT molecular complexity index is 150. The van der Waals surface area contributed by atoms with E-state index in [1.54, 1.807) is 0 Å². The van der Waals surface area contributed by atoms with Crippen LogP contribution in [0, 0.1) is 11.8 Å². The fraction of sp³-hybridized carbons (Fsp3) is 1.00. The zero-order chi connectivity index (χ0) is 14.7. The Morgan fingerprint density at radius 3 is 1.56 bits per heavy atom. The van der Waals surface area contributed by atoms with E-state index >= 15 is 0 Å². The molecule has 0 aliphatic rings. The minimum Gasteiger partial charge on any atom is -0.392 e. The highest BCUT2D eigenvalue weighted by atomic mass is 16.3. The van der Waals surface area contributed by atoms with Gasteiger partial charge < -0.3 is 14.9 Å². The van der Waals surface area contributed by atoms with Crippen LogP contribution in [0.25, 0.3) is 0 Å². The lowest BCUT2D eigenvalue weighted by molar-refractivity contribution is 0.115. The third-order valence-electron chi connectivity index (χ3n) is 2.47. The molecule has 0 heterocycles. The van der Waals surface area contributed by atoms with Crippen molar-refractivity contribution in [2.45, 2.75) is 46.6 Å². The lowest BCUT2D eigenvalue weighted by Crippen LogP contribution is -2.26. The van der Waals surface area contributed by atoms with Gasteiger partial charge in [0.05, 0.1) is 6.10 Å². The summed E-state index contributed by atoms with van der Waals surface area (Å²) >= 11 is 0. The second-order valence-electron chi connectivity index (χ2n) is 6.53. The fourth-order valence-electron chi connectivity index (χ4n) is 1.56. The van der Waals surface area contributed by atoms with Crippen LogP contribution in [0.1, 0.15) is 40.5 Å². The van der Waals surface area contributed by atoms with Crippen LogP contribution in [-0.4, -0.2) is 62.3 Å². The van der Waals surface area contributed by atoms with Crippen LogP contribution >= 0.6 is 0 Å². The van der Waals surface area contributed by atoms with Crippen molar-refractivity contribution in [1.29, 1.82) is 0 Å². The van der Waals surface area contributed by atoms with Crippen LogP contribution in [0.15, 0.2) is 0 Å². The van der Waals surface area contributed by atoms with E-state index in [1.165, 1.54) is 13.0 Å². The molecule has 0 amide bonds. The molecule has 0 aliphatic heterocycles. The summed E-state index contributed by atoms with van der Waals surface area (Å²) in [5, 5.41) is 9.35. The molecule has 3 heteroatoms. The number of aliphatic hydroxyl groups is 1. The number of hydrogen-bond donors (Lipinski definition) is 1. The molecule has 3 nitrogen and oxygen atoms in total. The topological polar surface area (TPSA) is 26.7 Å². The lowest BCUT2D eigenvalue weighted by Gasteiger charge is -2.17. The third-order valence-corrected chi connectivity index (χ3v) is 2.47. The van der Waals surface area contributed by atoms with Crippen LogP contribution in [0.4, 0.5) is 0 Å². The predicted molar refractivity (Wildman–Crippen MR) is 82.0 cm³/mol. The first kappa shape index (κ1) is 20.2. The minimum atomic E-state index is -0.157. The van der Waals surface area contributed by atoms with E-state index in [0.717, 1.165) is 18.9 Å². The van der Waals surface area contributed by atoms with Gasteiger partial charge in [-0.25, -0.2) is 0 Å². The van der Waals surface area contributed by atoms with Gasteiger partial charge in [0, 0.05) is 6.54 Å². The van der Waals surface area contributed by atoms with Crippen molar-refractivity contribution < 1.29 is 5.11 Å². The maximum atomic E-state index is 9.35. The molecule has 0 aromatic heterocycles. The van der Waals surface area contributed by atoms with Gasteiger partial charge in [0.25, 0.3) is 0 Å². The van der Waals surface area contributed by atoms with Crippen LogP contribution in [0.2, 0.25) is 0 Å². The molecule has 0 aliphatic carbocycles. The highest BCUT2D eigenvalue weighted by molar-refractivity contribution is 4.60. The summed E-state index contributed by atoms with van der Waals surface area (Å²) in [5.74, 6) is 1.44. The summed E-state index contributed by atoms with van der Waals surface area (Å²) < 4.78 is 0. The van der Waals surface area contributed by atoms with E-state index in [0.29, 0.717) is 5.92 Å². The molecule has 0 radical (unpaired) electrons. The van der Waals surface area contributed by atoms with Gasteiger partial charge in [-0.15, -0.1) is 0 Å². The molecular weight excluding hydrogens is 224 g/mol. The zero-order valence-electron chi connectivity index (χ0n) is 13.9. The first-order valence-electron chi connectivity index (χ1n) is 7.12. The SMILES string of the molecule is CC(C)CC(O)CN(C)C.CC(C)CCN(C)C. The van der Waals surface area contributed by atoms with Crippen molar-refractivity contribution in [3.63, 3.8) is 0 Å². The Labute approximate surface area is 115 Å². The second-order valence-corrected chi connectivity index (χ2v) is 6.53. The van der Waals surface area contributed by atoms with E-state index in [-0.39, 0.29) is 6.10 Å². The summed E-state index contributed by atoms with van der Waals surface area (Å²) in [5.41, 5.74) is 0. The third kappa shape index (κ3) is 21.2. The smallest absolute Gasteiger partial charge is 0.0669 e. The van der Waals surface area contributed by atoms with E-state index in [9.17, 15) is 5.11 Å². The van der Waals surface area contributed by atoms with E-state index < -0.39 is 0 Å². The average molecular weight is 260 g/mol. The second kappa shape index (κ2) is 11.9. The van der Waals surface area contributed by atoms with Crippen LogP contribution in [-0.2, 0) is 0 Å². The number of likely N-dealkylation sites (N-methyl/N-ethyl adjacent to an activating group) is 1. The van der Waals surface area contributed by atoms with Gasteiger partial charge in [0.15, 0.2) is 0 Å². The van der Waals surface area contributed by atoms with Gasteiger partial charge in [-0.1, -0.05) is 27.7 Å². The fourth-order valence-corrected chi connectivity index (χ4v) is 1.56. The molecule has 0 saturated carbocycles. The van der Waals surface area contributed by atoms with Gasteiger partial charge in [-0.2, -0.15) is 0 Å². The van der Waals surface area contributed by atoms with Crippen molar-refractivity contribution in [1.82, 2.24) is 9.80 Å². The Morgan fingerprint density at radius 2 is 1.33 bits per heavy atom. The lowest BCUT2D eigenvalue weighted by atomic mass is 10.1. The first-order chi connectivity index (χ1) is 8.15. The Hall–Kier alpha value is -0.120. The van der Waals surface area contributed by atoms with Crippen LogP contribution in [0.3, 0.4) is 0 Å². The van der Waals surface area contributed by atoms with Gasteiger partial charge in [-0.3, -0.25) is 0 Å². The molecule has 0 spiro atoms. The predicted octanol–water partition coefficient (Wildman–Crippen LogP) is 2.55. The summed E-state index contributed by atoms with van der Waals surface area (Å²) in [6.07, 6.45) is 2.06. The van der Waals surface area contributed by atoms with Gasteiger partial charge >= 0.3 is 0 Å². The Morgan fingerprint density at radius 1 is 0.833 bits per heavy atom. The average Bonchev–Trinajstić information content (AvgIpc) is 2.12. The maximum Gasteiger partial charge on any atom is 0.0669 e. The Kier molecular flexibility index (Phi) is 13.4. The maximum absolute atomic E-state index is 9.35. The molecule has 0 bridgehead atoms. The van der Waals surface area contributed by atoms with E-state index in [1.807, 2.05) is 19.0 Å². The highest BCUT2D eigenvalue weighted by Crippen LogP contribution is 2.04. The molecule has 0 saturated heterocycles. The number of aliphatic hydroxyl groups excluding tert-OH is 1. The molecule has 1 unspecified atom stereocenters. The largest absolute Gasteiger partial charge is 0.392 e. The van der Waals surface area contributed by atoms with Gasteiger partial charge in [0.1, 0.15) is 0 Å². The molecule has 0 aromatic rings. The number of rotatable bonds is 7. The minimum absolute atomic E-state index is 0.157. The summed E-state index contributed by atoms with van der Waals surface area (Å²) in [7, 11) is 8.18.